The first kappa shape index (κ1) is 21.8. The molecule has 0 bridgehead atoms. The molecule has 4 nitrogen and oxygen atoms in total. The molecule has 0 N–H and O–H groups in total. The Morgan fingerprint density at radius 1 is 0.682 bits per heavy atom. The number of rotatable bonds is 16. The molecule has 0 fully saturated rings. The van der Waals surface area contributed by atoms with Gasteiger partial charge in [0.2, 0.25) is 0 Å². The number of unbranched alkanes of at least 4 members (excludes halogenated alkanes) is 4. The molecule has 22 heavy (non-hydrogen) atoms. The zero-order valence-corrected chi connectivity index (χ0v) is 15.5. The van der Waals surface area contributed by atoms with E-state index in [4.69, 9.17) is 18.9 Å². The minimum Gasteiger partial charge on any atom is -0.381 e. The Morgan fingerprint density at radius 3 is 1.82 bits per heavy atom. The van der Waals surface area contributed by atoms with Crippen LogP contribution in [0.3, 0.4) is 0 Å². The molecule has 0 saturated heterocycles. The minimum atomic E-state index is -0.921. The van der Waals surface area contributed by atoms with Gasteiger partial charge in [-0.3, -0.25) is 0 Å². The van der Waals surface area contributed by atoms with Crippen molar-refractivity contribution >= 4 is 0 Å². The predicted octanol–water partition coefficient (Wildman–Crippen LogP) is 4.76. The Labute approximate surface area is 137 Å². The van der Waals surface area contributed by atoms with E-state index >= 15 is 0 Å². The molecule has 0 rings (SSSR count). The van der Waals surface area contributed by atoms with Gasteiger partial charge in [0.05, 0.1) is 0 Å². The minimum absolute atomic E-state index is 0.236. The lowest BCUT2D eigenvalue weighted by Gasteiger charge is -2.36. The standard InChI is InChI=1S/C18H38O4/c1-6-8-9-10-11-13-17(14-12-16-22-15-7-2)18(19-3,20-4)21-5/h17H,6-16H2,1-5H3. The van der Waals surface area contributed by atoms with Crippen LogP contribution in [0.15, 0.2) is 0 Å². The number of hydrogen-bond donors (Lipinski definition) is 0. The predicted molar refractivity (Wildman–Crippen MR) is 91.0 cm³/mol. The highest BCUT2D eigenvalue weighted by Gasteiger charge is 2.39. The third-order valence-electron chi connectivity index (χ3n) is 4.20. The van der Waals surface area contributed by atoms with Crippen LogP contribution in [0, 0.1) is 5.92 Å². The fraction of sp³-hybridized carbons (Fsp3) is 1.00. The Balaban J connectivity index is 4.35. The maximum atomic E-state index is 5.58. The van der Waals surface area contributed by atoms with Crippen LogP contribution in [0.4, 0.5) is 0 Å². The molecule has 0 spiro atoms. The molecule has 4 heteroatoms. The summed E-state index contributed by atoms with van der Waals surface area (Å²) in [5, 5.41) is 0. The molecule has 134 valence electrons. The summed E-state index contributed by atoms with van der Waals surface area (Å²) in [5.74, 6) is -0.686. The van der Waals surface area contributed by atoms with Crippen molar-refractivity contribution in [1.82, 2.24) is 0 Å². The van der Waals surface area contributed by atoms with Gasteiger partial charge in [0.1, 0.15) is 0 Å². The lowest BCUT2D eigenvalue weighted by atomic mass is 9.93. The first-order chi connectivity index (χ1) is 10.7. The molecule has 0 aliphatic carbocycles. The molecule has 0 heterocycles. The lowest BCUT2D eigenvalue weighted by Crippen LogP contribution is -2.44. The topological polar surface area (TPSA) is 36.9 Å². The van der Waals surface area contributed by atoms with Crippen LogP contribution in [0.1, 0.15) is 71.6 Å². The van der Waals surface area contributed by atoms with E-state index in [0.717, 1.165) is 38.9 Å². The van der Waals surface area contributed by atoms with E-state index in [9.17, 15) is 0 Å². The summed E-state index contributed by atoms with van der Waals surface area (Å²) in [5.41, 5.74) is 0. The van der Waals surface area contributed by atoms with Crippen LogP contribution >= 0.6 is 0 Å². The second kappa shape index (κ2) is 14.4. The summed E-state index contributed by atoms with van der Waals surface area (Å²) in [6.07, 6.45) is 10.5. The number of hydrogen-bond acceptors (Lipinski definition) is 4. The van der Waals surface area contributed by atoms with E-state index < -0.39 is 5.97 Å². The van der Waals surface area contributed by atoms with E-state index in [1.807, 2.05) is 0 Å². The van der Waals surface area contributed by atoms with Gasteiger partial charge in [-0.15, -0.1) is 0 Å². The summed E-state index contributed by atoms with van der Waals surface area (Å²) in [7, 11) is 4.97. The van der Waals surface area contributed by atoms with Gasteiger partial charge in [0, 0.05) is 40.5 Å². The largest absolute Gasteiger partial charge is 0.381 e. The van der Waals surface area contributed by atoms with Gasteiger partial charge in [-0.25, -0.2) is 0 Å². The summed E-state index contributed by atoms with van der Waals surface area (Å²) in [4.78, 5) is 0. The molecule has 1 atom stereocenters. The van der Waals surface area contributed by atoms with Crippen LogP contribution in [-0.4, -0.2) is 40.5 Å². The van der Waals surface area contributed by atoms with Gasteiger partial charge in [-0.2, -0.15) is 0 Å². The second-order valence-electron chi connectivity index (χ2n) is 5.87. The first-order valence-corrected chi connectivity index (χ1v) is 8.93. The fourth-order valence-corrected chi connectivity index (χ4v) is 2.92. The maximum absolute atomic E-state index is 5.58. The highest BCUT2D eigenvalue weighted by atomic mass is 16.9. The van der Waals surface area contributed by atoms with Gasteiger partial charge in [-0.1, -0.05) is 46.0 Å². The van der Waals surface area contributed by atoms with E-state index in [0.29, 0.717) is 0 Å². The van der Waals surface area contributed by atoms with E-state index in [1.54, 1.807) is 21.3 Å². The molecular formula is C18H38O4. The number of methoxy groups -OCH3 is 3. The Bertz CT molecular complexity index is 207. The Morgan fingerprint density at radius 2 is 1.27 bits per heavy atom. The van der Waals surface area contributed by atoms with Crippen molar-refractivity contribution in [2.24, 2.45) is 5.92 Å². The molecule has 0 aromatic heterocycles. The Kier molecular flexibility index (Phi) is 14.3. The number of ether oxygens (including phenoxy) is 4. The molecular weight excluding hydrogens is 280 g/mol. The SMILES string of the molecule is CCCCCCCC(CCCOCCC)C(OC)(OC)OC. The normalized spacial score (nSPS) is 13.5. The molecule has 0 amide bonds. The van der Waals surface area contributed by atoms with Crippen LogP contribution in [0.2, 0.25) is 0 Å². The molecule has 0 aliphatic heterocycles. The summed E-state index contributed by atoms with van der Waals surface area (Å²) < 4.78 is 22.3. The average molecular weight is 318 g/mol. The molecule has 0 saturated carbocycles. The molecule has 0 aromatic carbocycles. The first-order valence-electron chi connectivity index (χ1n) is 8.93. The summed E-state index contributed by atoms with van der Waals surface area (Å²) >= 11 is 0. The molecule has 0 aliphatic rings. The average Bonchev–Trinajstić information content (AvgIpc) is 2.55. The van der Waals surface area contributed by atoms with E-state index in [1.165, 1.54) is 32.1 Å². The zero-order valence-electron chi connectivity index (χ0n) is 15.5. The van der Waals surface area contributed by atoms with Gasteiger partial charge >= 0.3 is 0 Å². The van der Waals surface area contributed by atoms with Crippen molar-refractivity contribution in [2.45, 2.75) is 77.6 Å². The van der Waals surface area contributed by atoms with Gasteiger partial charge < -0.3 is 18.9 Å². The van der Waals surface area contributed by atoms with Crippen molar-refractivity contribution in [3.63, 3.8) is 0 Å². The van der Waals surface area contributed by atoms with Crippen molar-refractivity contribution < 1.29 is 18.9 Å². The smallest absolute Gasteiger partial charge is 0.285 e. The van der Waals surface area contributed by atoms with Crippen molar-refractivity contribution in [3.8, 4) is 0 Å². The highest BCUT2D eigenvalue weighted by Crippen LogP contribution is 2.32. The monoisotopic (exact) mass is 318 g/mol. The Hall–Kier alpha value is -0.160. The van der Waals surface area contributed by atoms with E-state index in [2.05, 4.69) is 13.8 Å². The highest BCUT2D eigenvalue weighted by molar-refractivity contribution is 4.71. The zero-order chi connectivity index (χ0) is 16.7. The van der Waals surface area contributed by atoms with Crippen LogP contribution in [-0.2, 0) is 18.9 Å². The second-order valence-corrected chi connectivity index (χ2v) is 5.87. The van der Waals surface area contributed by atoms with Gasteiger partial charge in [-0.05, 0) is 25.7 Å². The quantitative estimate of drug-likeness (QED) is 0.304. The molecule has 0 radical (unpaired) electrons. The maximum Gasteiger partial charge on any atom is 0.285 e. The molecule has 0 aromatic rings. The van der Waals surface area contributed by atoms with Crippen molar-refractivity contribution in [1.29, 1.82) is 0 Å². The van der Waals surface area contributed by atoms with Crippen LogP contribution < -0.4 is 0 Å². The van der Waals surface area contributed by atoms with Gasteiger partial charge in [0.25, 0.3) is 5.97 Å². The summed E-state index contributed by atoms with van der Waals surface area (Å²) in [6, 6.07) is 0. The molecule has 1 unspecified atom stereocenters. The van der Waals surface area contributed by atoms with Crippen molar-refractivity contribution in [2.75, 3.05) is 34.5 Å². The van der Waals surface area contributed by atoms with Gasteiger partial charge in [0.15, 0.2) is 0 Å². The third kappa shape index (κ3) is 8.47. The summed E-state index contributed by atoms with van der Waals surface area (Å²) in [6.45, 7) is 6.01. The van der Waals surface area contributed by atoms with Crippen LogP contribution in [0.25, 0.3) is 0 Å². The third-order valence-corrected chi connectivity index (χ3v) is 4.20. The van der Waals surface area contributed by atoms with Crippen LogP contribution in [0.5, 0.6) is 0 Å². The fourth-order valence-electron chi connectivity index (χ4n) is 2.92. The van der Waals surface area contributed by atoms with E-state index in [-0.39, 0.29) is 5.92 Å². The van der Waals surface area contributed by atoms with Crippen molar-refractivity contribution in [3.05, 3.63) is 0 Å². The lowest BCUT2D eigenvalue weighted by molar-refractivity contribution is -0.380.